The van der Waals surface area contributed by atoms with Crippen LogP contribution in [0.2, 0.25) is 0 Å². The molecule has 0 amide bonds. The highest BCUT2D eigenvalue weighted by molar-refractivity contribution is 5.86. The van der Waals surface area contributed by atoms with E-state index >= 15 is 0 Å². The number of hydrogen-bond acceptors (Lipinski definition) is 3. The first-order valence-corrected chi connectivity index (χ1v) is 4.29. The molecule has 2 fully saturated rings. The Hall–Kier alpha value is -0.570. The van der Waals surface area contributed by atoms with E-state index in [9.17, 15) is 0 Å². The molecule has 0 aliphatic carbocycles. The molecule has 3 nitrogen and oxygen atoms in total. The van der Waals surface area contributed by atoms with E-state index in [4.69, 9.17) is 5.84 Å². The van der Waals surface area contributed by atoms with Crippen molar-refractivity contribution in [3.63, 3.8) is 0 Å². The highest BCUT2D eigenvalue weighted by atomic mass is 15.2. The van der Waals surface area contributed by atoms with E-state index in [1.54, 1.807) is 0 Å². The van der Waals surface area contributed by atoms with Gasteiger partial charge in [0.25, 0.3) is 0 Å². The fourth-order valence-electron chi connectivity index (χ4n) is 2.32. The molecular weight excluding hydrogens is 138 g/mol. The van der Waals surface area contributed by atoms with Crippen LogP contribution in [0.25, 0.3) is 0 Å². The van der Waals surface area contributed by atoms with Crippen LogP contribution >= 0.6 is 0 Å². The smallest absolute Gasteiger partial charge is 0.0407 e. The largest absolute Gasteiger partial charge is 0.323 e. The van der Waals surface area contributed by atoms with Crippen molar-refractivity contribution in [3.05, 3.63) is 0 Å². The minimum atomic E-state index is 0.732. The van der Waals surface area contributed by atoms with Crippen LogP contribution in [-0.2, 0) is 0 Å². The Bertz CT molecular complexity index is 172. The quantitative estimate of drug-likeness (QED) is 0.408. The van der Waals surface area contributed by atoms with Gasteiger partial charge in [0.1, 0.15) is 0 Å². The molecule has 2 aliphatic heterocycles. The lowest BCUT2D eigenvalue weighted by Gasteiger charge is -2.31. The van der Waals surface area contributed by atoms with Gasteiger partial charge in [0.2, 0.25) is 0 Å². The molecule has 2 rings (SSSR count). The molecule has 2 N–H and O–H groups in total. The van der Waals surface area contributed by atoms with Gasteiger partial charge in [-0.05, 0) is 19.9 Å². The molecule has 0 radical (unpaired) electrons. The summed E-state index contributed by atoms with van der Waals surface area (Å²) in [5, 5.41) is 3.81. The van der Waals surface area contributed by atoms with Crippen LogP contribution < -0.4 is 5.84 Å². The molecule has 0 spiro atoms. The Labute approximate surface area is 67.2 Å². The molecule has 2 heterocycles. The van der Waals surface area contributed by atoms with Gasteiger partial charge in [-0.2, -0.15) is 5.10 Å². The molecule has 2 saturated heterocycles. The topological polar surface area (TPSA) is 41.6 Å². The van der Waals surface area contributed by atoms with Gasteiger partial charge in [0, 0.05) is 30.6 Å². The van der Waals surface area contributed by atoms with Crippen molar-refractivity contribution in [2.24, 2.45) is 10.9 Å². The van der Waals surface area contributed by atoms with E-state index in [1.165, 1.54) is 18.6 Å². The van der Waals surface area contributed by atoms with Gasteiger partial charge in [-0.1, -0.05) is 0 Å². The second kappa shape index (κ2) is 2.48. The fourth-order valence-corrected chi connectivity index (χ4v) is 2.32. The molecule has 0 saturated carbocycles. The summed E-state index contributed by atoms with van der Waals surface area (Å²) < 4.78 is 0. The maximum atomic E-state index is 5.27. The first kappa shape index (κ1) is 7.10. The molecular formula is C8H15N3. The van der Waals surface area contributed by atoms with Crippen molar-refractivity contribution in [2.45, 2.75) is 37.8 Å². The Kier molecular flexibility index (Phi) is 1.60. The summed E-state index contributed by atoms with van der Waals surface area (Å²) >= 11 is 0. The molecule has 2 atom stereocenters. The zero-order chi connectivity index (χ0) is 7.84. The number of fused-ring (bicyclic) bond motifs is 2. The predicted molar refractivity (Wildman–Crippen MR) is 45.4 cm³/mol. The molecule has 62 valence electrons. The lowest BCUT2D eigenvalue weighted by molar-refractivity contribution is 0.231. The Morgan fingerprint density at radius 1 is 1.36 bits per heavy atom. The van der Waals surface area contributed by atoms with Crippen LogP contribution in [0.1, 0.15) is 25.7 Å². The van der Waals surface area contributed by atoms with E-state index in [0.717, 1.165) is 24.9 Å². The molecule has 2 bridgehead atoms. The molecule has 3 heteroatoms. The third-order valence-electron chi connectivity index (χ3n) is 3.11. The number of hydrogen-bond donors (Lipinski definition) is 1. The summed E-state index contributed by atoms with van der Waals surface area (Å²) in [7, 11) is 2.22. The van der Waals surface area contributed by atoms with Gasteiger partial charge in [-0.3, -0.25) is 4.90 Å². The zero-order valence-electron chi connectivity index (χ0n) is 6.95. The van der Waals surface area contributed by atoms with Crippen molar-refractivity contribution >= 4 is 5.71 Å². The summed E-state index contributed by atoms with van der Waals surface area (Å²) in [5.74, 6) is 5.27. The SMILES string of the molecule is CN1[C@@H]2CC[C@H]1CC(=NN)C2. The van der Waals surface area contributed by atoms with E-state index in [0.29, 0.717) is 0 Å². The molecule has 2 aliphatic rings. The minimum Gasteiger partial charge on any atom is -0.323 e. The number of nitrogens with two attached hydrogens (primary N) is 1. The Morgan fingerprint density at radius 2 is 1.91 bits per heavy atom. The number of rotatable bonds is 0. The van der Waals surface area contributed by atoms with Gasteiger partial charge in [-0.15, -0.1) is 0 Å². The highest BCUT2D eigenvalue weighted by Crippen LogP contribution is 2.32. The average molecular weight is 153 g/mol. The third-order valence-corrected chi connectivity index (χ3v) is 3.11. The molecule has 11 heavy (non-hydrogen) atoms. The Morgan fingerprint density at radius 3 is 2.36 bits per heavy atom. The van der Waals surface area contributed by atoms with Gasteiger partial charge in [0.05, 0.1) is 0 Å². The summed E-state index contributed by atoms with van der Waals surface area (Å²) in [6.07, 6.45) is 4.87. The van der Waals surface area contributed by atoms with Crippen LogP contribution in [0.15, 0.2) is 5.10 Å². The number of nitrogens with zero attached hydrogens (tertiary/aromatic N) is 2. The summed E-state index contributed by atoms with van der Waals surface area (Å²) in [6, 6.07) is 1.46. The van der Waals surface area contributed by atoms with Gasteiger partial charge in [-0.25, -0.2) is 0 Å². The summed E-state index contributed by atoms with van der Waals surface area (Å²) in [6.45, 7) is 0. The highest BCUT2D eigenvalue weighted by Gasteiger charge is 2.36. The second-order valence-corrected chi connectivity index (χ2v) is 3.65. The molecule has 0 unspecified atom stereocenters. The lowest BCUT2D eigenvalue weighted by Crippen LogP contribution is -2.40. The number of hydrazone groups is 1. The first-order valence-electron chi connectivity index (χ1n) is 4.29. The van der Waals surface area contributed by atoms with Gasteiger partial charge < -0.3 is 5.84 Å². The van der Waals surface area contributed by atoms with Crippen molar-refractivity contribution in [1.82, 2.24) is 4.90 Å². The Balaban J connectivity index is 2.14. The van der Waals surface area contributed by atoms with Crippen molar-refractivity contribution < 1.29 is 0 Å². The second-order valence-electron chi connectivity index (χ2n) is 3.65. The van der Waals surface area contributed by atoms with Gasteiger partial charge in [0.15, 0.2) is 0 Å². The van der Waals surface area contributed by atoms with E-state index in [2.05, 4.69) is 17.0 Å². The third kappa shape index (κ3) is 1.03. The molecule has 0 aromatic rings. The van der Waals surface area contributed by atoms with E-state index in [1.807, 2.05) is 0 Å². The van der Waals surface area contributed by atoms with Crippen molar-refractivity contribution in [1.29, 1.82) is 0 Å². The van der Waals surface area contributed by atoms with Crippen LogP contribution in [0.5, 0.6) is 0 Å². The maximum absolute atomic E-state index is 5.27. The molecule has 0 aromatic heterocycles. The first-order chi connectivity index (χ1) is 5.31. The maximum Gasteiger partial charge on any atom is 0.0407 e. The molecule has 0 aromatic carbocycles. The standard InChI is InChI=1S/C8H15N3/c1-11-7-2-3-8(11)5-6(4-7)10-9/h7-8H,2-5,9H2,1H3/t7-,8+. The average Bonchev–Trinajstić information content (AvgIpc) is 2.26. The van der Waals surface area contributed by atoms with E-state index in [-0.39, 0.29) is 0 Å². The summed E-state index contributed by atoms with van der Waals surface area (Å²) in [5.41, 5.74) is 1.22. The number of piperidine rings is 1. The van der Waals surface area contributed by atoms with Gasteiger partial charge >= 0.3 is 0 Å². The van der Waals surface area contributed by atoms with Crippen molar-refractivity contribution in [3.8, 4) is 0 Å². The van der Waals surface area contributed by atoms with Crippen molar-refractivity contribution in [2.75, 3.05) is 7.05 Å². The minimum absolute atomic E-state index is 0.732. The normalized spacial score (nSPS) is 41.7. The summed E-state index contributed by atoms with van der Waals surface area (Å²) in [4.78, 5) is 2.48. The predicted octanol–water partition coefficient (Wildman–Crippen LogP) is 0.558. The van der Waals surface area contributed by atoms with Crippen LogP contribution in [0.4, 0.5) is 0 Å². The monoisotopic (exact) mass is 153 g/mol. The fraction of sp³-hybridized carbons (Fsp3) is 0.875. The van der Waals surface area contributed by atoms with E-state index < -0.39 is 0 Å². The van der Waals surface area contributed by atoms with Crippen LogP contribution in [0.3, 0.4) is 0 Å². The van der Waals surface area contributed by atoms with Crippen LogP contribution in [0, 0.1) is 0 Å². The zero-order valence-corrected chi connectivity index (χ0v) is 6.95. The lowest BCUT2D eigenvalue weighted by atomic mass is 10.0. The van der Waals surface area contributed by atoms with Crippen LogP contribution in [-0.4, -0.2) is 29.7 Å².